The molecule has 0 bridgehead atoms. The van der Waals surface area contributed by atoms with E-state index in [0.29, 0.717) is 6.42 Å². The van der Waals surface area contributed by atoms with Crippen LogP contribution in [0.25, 0.3) is 11.4 Å². The summed E-state index contributed by atoms with van der Waals surface area (Å²) in [5.41, 5.74) is 4.01. The van der Waals surface area contributed by atoms with Crippen molar-refractivity contribution in [3.05, 3.63) is 47.3 Å². The molecule has 1 heterocycles. The standard InChI is InChI=1S/C14H12N2O/c1-9-7-15-14(16-8-9)11-2-4-12-10(6-11)3-5-13(12)17/h2,4,6-8H,3,5H2,1H3. The Hall–Kier alpha value is -2.03. The Bertz CT molecular complexity index is 588. The van der Waals surface area contributed by atoms with Crippen LogP contribution in [-0.4, -0.2) is 15.8 Å². The van der Waals surface area contributed by atoms with Gasteiger partial charge in [0.2, 0.25) is 0 Å². The summed E-state index contributed by atoms with van der Waals surface area (Å²) in [5.74, 6) is 0.967. The van der Waals surface area contributed by atoms with Gasteiger partial charge in [0.05, 0.1) is 0 Å². The van der Waals surface area contributed by atoms with Gasteiger partial charge in [-0.15, -0.1) is 0 Å². The maximum atomic E-state index is 11.5. The fourth-order valence-corrected chi connectivity index (χ4v) is 2.14. The minimum Gasteiger partial charge on any atom is -0.294 e. The molecule has 0 radical (unpaired) electrons. The van der Waals surface area contributed by atoms with Crippen molar-refractivity contribution in [1.82, 2.24) is 9.97 Å². The summed E-state index contributed by atoms with van der Waals surface area (Å²) in [7, 11) is 0. The van der Waals surface area contributed by atoms with Crippen molar-refractivity contribution in [2.24, 2.45) is 0 Å². The number of Topliss-reactive ketones (excluding diaryl/α,β-unsaturated/α-hetero) is 1. The highest BCUT2D eigenvalue weighted by Crippen LogP contribution is 2.26. The molecular weight excluding hydrogens is 212 g/mol. The lowest BCUT2D eigenvalue weighted by atomic mass is 10.1. The Labute approximate surface area is 99.5 Å². The number of ketones is 1. The highest BCUT2D eigenvalue weighted by Gasteiger charge is 2.19. The number of carbonyl (C=O) groups is 1. The van der Waals surface area contributed by atoms with E-state index < -0.39 is 0 Å². The third-order valence-corrected chi connectivity index (χ3v) is 3.07. The fourth-order valence-electron chi connectivity index (χ4n) is 2.14. The van der Waals surface area contributed by atoms with Crippen molar-refractivity contribution in [2.45, 2.75) is 19.8 Å². The lowest BCUT2D eigenvalue weighted by Gasteiger charge is -2.03. The van der Waals surface area contributed by atoms with Crippen LogP contribution in [0.4, 0.5) is 0 Å². The van der Waals surface area contributed by atoms with Crippen molar-refractivity contribution in [1.29, 1.82) is 0 Å². The Kier molecular flexibility index (Phi) is 2.25. The van der Waals surface area contributed by atoms with Crippen LogP contribution in [0.1, 0.15) is 27.9 Å². The molecule has 1 aromatic heterocycles. The van der Waals surface area contributed by atoms with Gasteiger partial charge in [0.1, 0.15) is 0 Å². The van der Waals surface area contributed by atoms with Crippen molar-refractivity contribution in [3.63, 3.8) is 0 Å². The summed E-state index contributed by atoms with van der Waals surface area (Å²) in [5, 5.41) is 0. The SMILES string of the molecule is Cc1cnc(-c2ccc3c(c2)CCC3=O)nc1. The molecule has 0 saturated carbocycles. The minimum atomic E-state index is 0.247. The van der Waals surface area contributed by atoms with E-state index in [1.54, 1.807) is 12.4 Å². The Morgan fingerprint density at radius 1 is 1.12 bits per heavy atom. The van der Waals surface area contributed by atoms with Gasteiger partial charge in [-0.2, -0.15) is 0 Å². The first-order valence-corrected chi connectivity index (χ1v) is 5.69. The number of aryl methyl sites for hydroxylation is 2. The second-order valence-electron chi connectivity index (χ2n) is 4.38. The van der Waals surface area contributed by atoms with Gasteiger partial charge in [-0.25, -0.2) is 9.97 Å². The summed E-state index contributed by atoms with van der Waals surface area (Å²) in [4.78, 5) is 20.1. The van der Waals surface area contributed by atoms with Crippen molar-refractivity contribution in [2.75, 3.05) is 0 Å². The summed E-state index contributed by atoms with van der Waals surface area (Å²) < 4.78 is 0. The normalized spacial score (nSPS) is 13.8. The monoisotopic (exact) mass is 224 g/mol. The van der Waals surface area contributed by atoms with Crippen molar-refractivity contribution < 1.29 is 4.79 Å². The molecule has 1 aromatic carbocycles. The predicted molar refractivity (Wildman–Crippen MR) is 64.9 cm³/mol. The van der Waals surface area contributed by atoms with Gasteiger partial charge in [0.25, 0.3) is 0 Å². The quantitative estimate of drug-likeness (QED) is 0.747. The number of carbonyl (C=O) groups excluding carboxylic acids is 1. The van der Waals surface area contributed by atoms with E-state index in [4.69, 9.17) is 0 Å². The van der Waals surface area contributed by atoms with E-state index in [2.05, 4.69) is 9.97 Å². The van der Waals surface area contributed by atoms with Crippen LogP contribution in [0, 0.1) is 6.92 Å². The molecule has 3 nitrogen and oxygen atoms in total. The molecule has 0 aliphatic heterocycles. The molecular formula is C14H12N2O. The molecule has 3 heteroatoms. The van der Waals surface area contributed by atoms with Gasteiger partial charge in [0, 0.05) is 29.9 Å². The molecule has 17 heavy (non-hydrogen) atoms. The van der Waals surface area contributed by atoms with Gasteiger partial charge in [-0.05, 0) is 30.5 Å². The van der Waals surface area contributed by atoms with Gasteiger partial charge < -0.3 is 0 Å². The Morgan fingerprint density at radius 3 is 2.65 bits per heavy atom. The first-order chi connectivity index (χ1) is 8.24. The van der Waals surface area contributed by atoms with Crippen LogP contribution in [0.15, 0.2) is 30.6 Å². The number of fused-ring (bicyclic) bond motifs is 1. The molecule has 0 N–H and O–H groups in total. The Morgan fingerprint density at radius 2 is 1.88 bits per heavy atom. The van der Waals surface area contributed by atoms with Gasteiger partial charge in [0.15, 0.2) is 11.6 Å². The topological polar surface area (TPSA) is 42.9 Å². The van der Waals surface area contributed by atoms with Gasteiger partial charge in [-0.3, -0.25) is 4.79 Å². The number of rotatable bonds is 1. The molecule has 3 rings (SSSR count). The van der Waals surface area contributed by atoms with Crippen LogP contribution < -0.4 is 0 Å². The number of benzene rings is 1. The van der Waals surface area contributed by atoms with Crippen LogP contribution >= 0.6 is 0 Å². The minimum absolute atomic E-state index is 0.247. The second kappa shape index (κ2) is 3.77. The number of hydrogen-bond donors (Lipinski definition) is 0. The lowest BCUT2D eigenvalue weighted by molar-refractivity contribution is 0.0994. The summed E-state index contributed by atoms with van der Waals surface area (Å²) in [6, 6.07) is 5.85. The second-order valence-corrected chi connectivity index (χ2v) is 4.38. The number of aromatic nitrogens is 2. The largest absolute Gasteiger partial charge is 0.294 e. The van der Waals surface area contributed by atoms with E-state index in [0.717, 1.165) is 34.5 Å². The molecule has 0 saturated heterocycles. The fraction of sp³-hybridized carbons (Fsp3) is 0.214. The predicted octanol–water partition coefficient (Wildman–Crippen LogP) is 2.58. The van der Waals surface area contributed by atoms with E-state index in [9.17, 15) is 4.79 Å². The van der Waals surface area contributed by atoms with E-state index >= 15 is 0 Å². The molecule has 0 unspecified atom stereocenters. The van der Waals surface area contributed by atoms with E-state index in [1.807, 2.05) is 25.1 Å². The van der Waals surface area contributed by atoms with Crippen LogP contribution in [0.5, 0.6) is 0 Å². The highest BCUT2D eigenvalue weighted by atomic mass is 16.1. The molecule has 0 amide bonds. The zero-order valence-electron chi connectivity index (χ0n) is 9.60. The lowest BCUT2D eigenvalue weighted by Crippen LogP contribution is -1.93. The molecule has 0 atom stereocenters. The zero-order chi connectivity index (χ0) is 11.8. The maximum absolute atomic E-state index is 11.5. The van der Waals surface area contributed by atoms with Gasteiger partial charge >= 0.3 is 0 Å². The summed E-state index contributed by atoms with van der Waals surface area (Å²) in [6.45, 7) is 1.96. The first-order valence-electron chi connectivity index (χ1n) is 5.69. The molecule has 84 valence electrons. The van der Waals surface area contributed by atoms with E-state index in [1.165, 1.54) is 0 Å². The summed E-state index contributed by atoms with van der Waals surface area (Å²) >= 11 is 0. The third-order valence-electron chi connectivity index (χ3n) is 3.07. The average Bonchev–Trinajstić information content (AvgIpc) is 2.72. The van der Waals surface area contributed by atoms with Crippen LogP contribution in [0.2, 0.25) is 0 Å². The molecule has 2 aromatic rings. The smallest absolute Gasteiger partial charge is 0.163 e. The van der Waals surface area contributed by atoms with Crippen LogP contribution in [-0.2, 0) is 6.42 Å². The summed E-state index contributed by atoms with van der Waals surface area (Å²) in [6.07, 6.45) is 5.09. The average molecular weight is 224 g/mol. The van der Waals surface area contributed by atoms with Crippen molar-refractivity contribution >= 4 is 5.78 Å². The highest BCUT2D eigenvalue weighted by molar-refractivity contribution is 6.00. The number of nitrogens with zero attached hydrogens (tertiary/aromatic N) is 2. The maximum Gasteiger partial charge on any atom is 0.163 e. The molecule has 1 aliphatic carbocycles. The first kappa shape index (κ1) is 10.1. The molecule has 0 fully saturated rings. The van der Waals surface area contributed by atoms with Crippen molar-refractivity contribution in [3.8, 4) is 11.4 Å². The molecule has 1 aliphatic rings. The molecule has 0 spiro atoms. The van der Waals surface area contributed by atoms with Gasteiger partial charge in [-0.1, -0.05) is 12.1 Å². The third kappa shape index (κ3) is 1.73. The zero-order valence-corrected chi connectivity index (χ0v) is 9.60. The number of hydrogen-bond acceptors (Lipinski definition) is 3. The van der Waals surface area contributed by atoms with E-state index in [-0.39, 0.29) is 5.78 Å². The van der Waals surface area contributed by atoms with Crippen LogP contribution in [0.3, 0.4) is 0 Å². The Balaban J connectivity index is 2.05.